The lowest BCUT2D eigenvalue weighted by molar-refractivity contribution is 0.931. The summed E-state index contributed by atoms with van der Waals surface area (Å²) in [6.45, 7) is 0. The molecule has 3 rings (SSSR count). The Hall–Kier alpha value is -1.56. The lowest BCUT2D eigenvalue weighted by Crippen LogP contribution is -1.94. The van der Waals surface area contributed by atoms with Gasteiger partial charge in [-0.15, -0.1) is 0 Å². The van der Waals surface area contributed by atoms with Crippen molar-refractivity contribution in [2.75, 3.05) is 0 Å². The van der Waals surface area contributed by atoms with Crippen LogP contribution < -0.4 is 0 Å². The van der Waals surface area contributed by atoms with Gasteiger partial charge in [0.05, 0.1) is 6.20 Å². The van der Waals surface area contributed by atoms with Crippen molar-refractivity contribution in [3.05, 3.63) is 22.6 Å². The average molecular weight is 219 g/mol. The highest BCUT2D eigenvalue weighted by Gasteiger charge is 2.25. The van der Waals surface area contributed by atoms with Crippen molar-refractivity contribution in [2.24, 2.45) is 0 Å². The molecule has 1 aliphatic rings. The maximum atomic E-state index is 5.12. The summed E-state index contributed by atoms with van der Waals surface area (Å²) in [4.78, 5) is 7.47. The van der Waals surface area contributed by atoms with E-state index >= 15 is 0 Å². The second kappa shape index (κ2) is 3.23. The van der Waals surface area contributed by atoms with Crippen LogP contribution in [0.5, 0.6) is 0 Å². The van der Waals surface area contributed by atoms with Crippen molar-refractivity contribution in [2.45, 2.75) is 18.8 Å². The van der Waals surface area contributed by atoms with E-state index in [1.165, 1.54) is 12.8 Å². The Kier molecular flexibility index (Phi) is 1.88. The maximum Gasteiger partial charge on any atom is 0.161 e. The number of aromatic amines is 2. The van der Waals surface area contributed by atoms with Crippen LogP contribution in [-0.2, 0) is 0 Å². The second-order valence-electron chi connectivity index (χ2n) is 3.65. The standard InChI is InChI=1S/C9H9N5S/c15-8-3-6(5-1-2-5)11-9(12-8)7-4-10-14-13-7/h3-5H,1-2H2,(H,10,13,14)(H,11,12,15). The Balaban J connectivity index is 2.11. The molecule has 0 atom stereocenters. The zero-order chi connectivity index (χ0) is 10.3. The third-order valence-electron chi connectivity index (χ3n) is 2.44. The molecule has 6 heteroatoms. The fourth-order valence-corrected chi connectivity index (χ4v) is 1.75. The number of nitrogens with zero attached hydrogens (tertiary/aromatic N) is 3. The number of aromatic nitrogens is 5. The number of rotatable bonds is 2. The summed E-state index contributed by atoms with van der Waals surface area (Å²) in [5, 5.41) is 10.3. The third-order valence-corrected chi connectivity index (χ3v) is 2.65. The minimum Gasteiger partial charge on any atom is -0.341 e. The Bertz CT molecular complexity index is 526. The van der Waals surface area contributed by atoms with Gasteiger partial charge in [0.2, 0.25) is 0 Å². The molecule has 0 unspecified atom stereocenters. The molecule has 1 aliphatic carbocycles. The molecule has 0 aromatic carbocycles. The van der Waals surface area contributed by atoms with Crippen LogP contribution in [0.25, 0.3) is 11.5 Å². The van der Waals surface area contributed by atoms with Gasteiger partial charge in [-0.1, -0.05) is 12.2 Å². The first kappa shape index (κ1) is 8.72. The molecule has 1 saturated carbocycles. The average Bonchev–Trinajstić information content (AvgIpc) is 2.93. The van der Waals surface area contributed by atoms with Gasteiger partial charge in [0, 0.05) is 5.69 Å². The molecule has 2 heterocycles. The van der Waals surface area contributed by atoms with E-state index in [4.69, 9.17) is 12.2 Å². The Morgan fingerprint density at radius 2 is 2.27 bits per heavy atom. The SMILES string of the molecule is S=c1cc(C2CC2)[nH]c(-c2cn[nH]n2)n1. The first-order valence-corrected chi connectivity index (χ1v) is 5.21. The van der Waals surface area contributed by atoms with E-state index in [9.17, 15) is 0 Å². The minimum atomic E-state index is 0.605. The third kappa shape index (κ3) is 1.68. The molecular formula is C9H9N5S. The van der Waals surface area contributed by atoms with Gasteiger partial charge in [0.15, 0.2) is 5.82 Å². The summed E-state index contributed by atoms with van der Waals surface area (Å²) in [5.41, 5.74) is 1.86. The van der Waals surface area contributed by atoms with Gasteiger partial charge in [-0.3, -0.25) is 0 Å². The monoisotopic (exact) mass is 219 g/mol. The van der Waals surface area contributed by atoms with Crippen LogP contribution >= 0.6 is 12.2 Å². The topological polar surface area (TPSA) is 70.2 Å². The van der Waals surface area contributed by atoms with Crippen LogP contribution in [-0.4, -0.2) is 25.4 Å². The van der Waals surface area contributed by atoms with E-state index in [0.29, 0.717) is 22.1 Å². The molecule has 2 aromatic heterocycles. The largest absolute Gasteiger partial charge is 0.341 e. The summed E-state index contributed by atoms with van der Waals surface area (Å²) in [7, 11) is 0. The molecule has 76 valence electrons. The second-order valence-corrected chi connectivity index (χ2v) is 4.07. The van der Waals surface area contributed by atoms with E-state index < -0.39 is 0 Å². The van der Waals surface area contributed by atoms with E-state index in [1.54, 1.807) is 6.20 Å². The highest BCUT2D eigenvalue weighted by molar-refractivity contribution is 7.71. The highest BCUT2D eigenvalue weighted by atomic mass is 32.1. The Morgan fingerprint density at radius 3 is 2.93 bits per heavy atom. The van der Waals surface area contributed by atoms with Crippen LogP contribution in [0, 0.1) is 4.64 Å². The molecule has 0 saturated heterocycles. The smallest absolute Gasteiger partial charge is 0.161 e. The fourth-order valence-electron chi connectivity index (χ4n) is 1.53. The molecule has 5 nitrogen and oxygen atoms in total. The Morgan fingerprint density at radius 1 is 1.40 bits per heavy atom. The van der Waals surface area contributed by atoms with Crippen LogP contribution in [0.15, 0.2) is 12.3 Å². The predicted octanol–water partition coefficient (Wildman–Crippen LogP) is 1.80. The summed E-state index contributed by atoms with van der Waals surface area (Å²) in [6, 6.07) is 1.93. The normalized spacial score (nSPS) is 15.5. The molecule has 0 aliphatic heterocycles. The summed E-state index contributed by atoms with van der Waals surface area (Å²) in [6.07, 6.45) is 4.09. The van der Waals surface area contributed by atoms with Crippen LogP contribution in [0.1, 0.15) is 24.5 Å². The molecule has 0 amide bonds. The van der Waals surface area contributed by atoms with E-state index in [2.05, 4.69) is 25.4 Å². The van der Waals surface area contributed by atoms with Crippen molar-refractivity contribution < 1.29 is 0 Å². The molecule has 15 heavy (non-hydrogen) atoms. The minimum absolute atomic E-state index is 0.605. The summed E-state index contributed by atoms with van der Waals surface area (Å²) >= 11 is 5.12. The first-order valence-electron chi connectivity index (χ1n) is 4.80. The zero-order valence-electron chi connectivity index (χ0n) is 7.90. The van der Waals surface area contributed by atoms with E-state index in [0.717, 1.165) is 5.69 Å². The fraction of sp³-hybridized carbons (Fsp3) is 0.333. The predicted molar refractivity (Wildman–Crippen MR) is 56.8 cm³/mol. The van der Waals surface area contributed by atoms with Crippen molar-refractivity contribution in [3.63, 3.8) is 0 Å². The lowest BCUT2D eigenvalue weighted by Gasteiger charge is -2.01. The first-order chi connectivity index (χ1) is 7.33. The molecule has 2 aromatic rings. The van der Waals surface area contributed by atoms with Crippen molar-refractivity contribution >= 4 is 12.2 Å². The Labute approximate surface area is 91.0 Å². The van der Waals surface area contributed by atoms with Crippen molar-refractivity contribution in [3.8, 4) is 11.5 Å². The summed E-state index contributed by atoms with van der Waals surface area (Å²) in [5.74, 6) is 1.32. The van der Waals surface area contributed by atoms with Crippen LogP contribution in [0.2, 0.25) is 0 Å². The molecule has 0 bridgehead atoms. The van der Waals surface area contributed by atoms with Gasteiger partial charge in [0.1, 0.15) is 10.3 Å². The number of nitrogens with one attached hydrogen (secondary N) is 2. The molecule has 0 spiro atoms. The number of hydrogen-bond acceptors (Lipinski definition) is 4. The van der Waals surface area contributed by atoms with Gasteiger partial charge >= 0.3 is 0 Å². The zero-order valence-corrected chi connectivity index (χ0v) is 8.71. The molecule has 1 fully saturated rings. The van der Waals surface area contributed by atoms with Gasteiger partial charge < -0.3 is 4.98 Å². The molecular weight excluding hydrogens is 210 g/mol. The number of H-pyrrole nitrogens is 2. The lowest BCUT2D eigenvalue weighted by atomic mass is 10.3. The van der Waals surface area contributed by atoms with Crippen molar-refractivity contribution in [1.29, 1.82) is 0 Å². The van der Waals surface area contributed by atoms with Crippen LogP contribution in [0.3, 0.4) is 0 Å². The van der Waals surface area contributed by atoms with E-state index in [1.807, 2.05) is 6.07 Å². The van der Waals surface area contributed by atoms with Crippen molar-refractivity contribution in [1.82, 2.24) is 25.4 Å². The summed E-state index contributed by atoms with van der Waals surface area (Å²) < 4.78 is 0.605. The molecule has 0 radical (unpaired) electrons. The van der Waals surface area contributed by atoms with Gasteiger partial charge in [-0.05, 0) is 24.8 Å². The highest BCUT2D eigenvalue weighted by Crippen LogP contribution is 2.39. The van der Waals surface area contributed by atoms with Gasteiger partial charge in [0.25, 0.3) is 0 Å². The molecule has 2 N–H and O–H groups in total. The number of hydrogen-bond donors (Lipinski definition) is 2. The van der Waals surface area contributed by atoms with Gasteiger partial charge in [-0.25, -0.2) is 4.98 Å². The van der Waals surface area contributed by atoms with E-state index in [-0.39, 0.29) is 0 Å². The van der Waals surface area contributed by atoms with Gasteiger partial charge in [-0.2, -0.15) is 15.4 Å². The maximum absolute atomic E-state index is 5.12. The quantitative estimate of drug-likeness (QED) is 0.755. The van der Waals surface area contributed by atoms with Crippen LogP contribution in [0.4, 0.5) is 0 Å².